The van der Waals surface area contributed by atoms with E-state index in [-0.39, 0.29) is 17.1 Å². The first kappa shape index (κ1) is 20.3. The molecule has 0 fully saturated rings. The van der Waals surface area contributed by atoms with Gasteiger partial charge in [0.1, 0.15) is 17.5 Å². The number of hydrogen-bond donors (Lipinski definition) is 1. The van der Waals surface area contributed by atoms with Crippen molar-refractivity contribution in [3.05, 3.63) is 46.1 Å². The molecule has 9 nitrogen and oxygen atoms in total. The highest BCUT2D eigenvalue weighted by Gasteiger charge is 2.33. The van der Waals surface area contributed by atoms with Crippen LogP contribution in [-0.2, 0) is 32.5 Å². The molecule has 1 aliphatic rings. The van der Waals surface area contributed by atoms with Gasteiger partial charge in [0, 0.05) is 6.42 Å². The number of carbonyl (C=O) groups is 1. The number of benzene rings is 1. The zero-order valence-electron chi connectivity index (χ0n) is 16.1. The van der Waals surface area contributed by atoms with Gasteiger partial charge >= 0.3 is 11.7 Å². The summed E-state index contributed by atoms with van der Waals surface area (Å²) >= 11 is 0. The van der Waals surface area contributed by atoms with E-state index in [9.17, 15) is 18.0 Å². The molecule has 0 spiro atoms. The van der Waals surface area contributed by atoms with Gasteiger partial charge in [-0.1, -0.05) is 12.1 Å². The van der Waals surface area contributed by atoms with Gasteiger partial charge in [-0.05, 0) is 51.3 Å². The topological polar surface area (TPSA) is 126 Å². The number of ether oxygens (including phenoxy) is 1. The number of sulfonamides is 1. The van der Waals surface area contributed by atoms with Gasteiger partial charge in [0.2, 0.25) is 10.0 Å². The van der Waals surface area contributed by atoms with Gasteiger partial charge in [0.25, 0.3) is 0 Å². The maximum atomic E-state index is 12.9. The summed E-state index contributed by atoms with van der Waals surface area (Å²) in [5.74, 6) is 0.112. The zero-order chi connectivity index (χ0) is 20.7. The van der Waals surface area contributed by atoms with Crippen molar-refractivity contribution >= 4 is 16.0 Å². The number of primary sulfonamides is 1. The fraction of sp³-hybridized carbons (Fsp3) is 0.500. The summed E-state index contributed by atoms with van der Waals surface area (Å²) in [6.45, 7) is 5.51. The molecular formula is C18H24N4O5S. The van der Waals surface area contributed by atoms with Gasteiger partial charge in [-0.15, -0.1) is 0 Å². The van der Waals surface area contributed by atoms with Crippen LogP contribution in [0.25, 0.3) is 0 Å². The largest absolute Gasteiger partial charge is 0.458 e. The molecule has 0 aliphatic carbocycles. The van der Waals surface area contributed by atoms with Crippen LogP contribution in [0.15, 0.2) is 34.0 Å². The van der Waals surface area contributed by atoms with Crippen molar-refractivity contribution in [3.63, 3.8) is 0 Å². The highest BCUT2D eigenvalue weighted by molar-refractivity contribution is 7.89. The minimum absolute atomic E-state index is 0.00211. The molecule has 1 aromatic heterocycles. The normalized spacial score (nSPS) is 17.2. The number of fused-ring (bicyclic) bond motifs is 1. The van der Waals surface area contributed by atoms with Crippen LogP contribution in [0.4, 0.5) is 0 Å². The molecule has 28 heavy (non-hydrogen) atoms. The van der Waals surface area contributed by atoms with E-state index in [0.717, 1.165) is 6.42 Å². The fourth-order valence-electron chi connectivity index (χ4n) is 3.18. The molecule has 2 heterocycles. The molecule has 0 saturated heterocycles. The molecule has 3 rings (SSSR count). The molecule has 0 amide bonds. The van der Waals surface area contributed by atoms with Crippen LogP contribution in [0, 0.1) is 0 Å². The third-order valence-electron chi connectivity index (χ3n) is 4.39. The predicted molar refractivity (Wildman–Crippen MR) is 101 cm³/mol. The Labute approximate surface area is 163 Å². The molecule has 152 valence electrons. The van der Waals surface area contributed by atoms with Gasteiger partial charge < -0.3 is 4.74 Å². The fourth-order valence-corrected chi connectivity index (χ4v) is 3.70. The first-order valence-electron chi connectivity index (χ1n) is 8.98. The van der Waals surface area contributed by atoms with E-state index in [1.165, 1.54) is 21.4 Å². The van der Waals surface area contributed by atoms with Gasteiger partial charge in [0.15, 0.2) is 0 Å². The molecule has 0 unspecified atom stereocenters. The minimum atomic E-state index is -3.77. The van der Waals surface area contributed by atoms with Crippen molar-refractivity contribution in [1.29, 1.82) is 0 Å². The third-order valence-corrected chi connectivity index (χ3v) is 5.32. The van der Waals surface area contributed by atoms with E-state index in [2.05, 4.69) is 5.10 Å². The summed E-state index contributed by atoms with van der Waals surface area (Å²) < 4.78 is 30.9. The lowest BCUT2D eigenvalue weighted by atomic mass is 10.0. The van der Waals surface area contributed by atoms with Gasteiger partial charge in [-0.2, -0.15) is 5.10 Å². The van der Waals surface area contributed by atoms with Crippen LogP contribution in [0.5, 0.6) is 0 Å². The summed E-state index contributed by atoms with van der Waals surface area (Å²) in [6, 6.07) is 5.24. The number of aromatic nitrogens is 3. The van der Waals surface area contributed by atoms with Crippen molar-refractivity contribution in [3.8, 4) is 0 Å². The predicted octanol–water partition coefficient (Wildman–Crippen LogP) is 0.960. The van der Waals surface area contributed by atoms with Crippen LogP contribution in [0.1, 0.15) is 51.0 Å². The first-order chi connectivity index (χ1) is 13.0. The second-order valence-electron chi connectivity index (χ2n) is 7.86. The van der Waals surface area contributed by atoms with E-state index >= 15 is 0 Å². The first-order valence-corrected chi connectivity index (χ1v) is 10.5. The molecule has 1 aliphatic heterocycles. The molecule has 0 saturated carbocycles. The third kappa shape index (κ3) is 4.33. The quantitative estimate of drug-likeness (QED) is 0.751. The van der Waals surface area contributed by atoms with Gasteiger partial charge in [0.05, 0.1) is 11.4 Å². The Kier molecular flexibility index (Phi) is 5.20. The molecule has 1 aromatic carbocycles. The zero-order valence-corrected chi connectivity index (χ0v) is 16.9. The standard InChI is InChI=1S/C18H24N4O5S/c1-18(2,3)27-16(23)14-5-4-6-15-20-21(17(24)22(14)15)11-12-7-9-13(10-8-12)28(19,25)26/h7-10,14H,4-6,11H2,1-3H3,(H2,19,25,26)/t14-/m1/s1. The van der Waals surface area contributed by atoms with Crippen LogP contribution < -0.4 is 10.8 Å². The number of hydrogen-bond acceptors (Lipinski definition) is 6. The Hall–Kier alpha value is -2.46. The highest BCUT2D eigenvalue weighted by atomic mass is 32.2. The lowest BCUT2D eigenvalue weighted by Crippen LogP contribution is -2.38. The van der Waals surface area contributed by atoms with E-state index in [4.69, 9.17) is 9.88 Å². The average Bonchev–Trinajstić information content (AvgIpc) is 2.89. The maximum Gasteiger partial charge on any atom is 0.347 e. The smallest absolute Gasteiger partial charge is 0.347 e. The summed E-state index contributed by atoms with van der Waals surface area (Å²) in [7, 11) is -3.77. The van der Waals surface area contributed by atoms with Crippen molar-refractivity contribution in [1.82, 2.24) is 14.3 Å². The van der Waals surface area contributed by atoms with E-state index < -0.39 is 27.6 Å². The summed E-state index contributed by atoms with van der Waals surface area (Å²) in [5.41, 5.74) is -0.334. The number of aryl methyl sites for hydroxylation is 1. The number of nitrogens with two attached hydrogens (primary N) is 1. The maximum absolute atomic E-state index is 12.9. The lowest BCUT2D eigenvalue weighted by Gasteiger charge is -2.26. The summed E-state index contributed by atoms with van der Waals surface area (Å²) in [4.78, 5) is 25.4. The average molecular weight is 408 g/mol. The summed E-state index contributed by atoms with van der Waals surface area (Å²) in [6.07, 6.45) is 1.87. The van der Waals surface area contributed by atoms with Crippen molar-refractivity contribution in [2.24, 2.45) is 5.14 Å². The minimum Gasteiger partial charge on any atom is -0.458 e. The van der Waals surface area contributed by atoms with E-state index in [1.807, 2.05) is 0 Å². The Morgan fingerprint density at radius 2 is 1.93 bits per heavy atom. The van der Waals surface area contributed by atoms with E-state index in [1.54, 1.807) is 32.9 Å². The molecule has 10 heteroatoms. The SMILES string of the molecule is CC(C)(C)OC(=O)[C@H]1CCCc2nn(Cc3ccc(S(N)(=O)=O)cc3)c(=O)n21. The second-order valence-corrected chi connectivity index (χ2v) is 9.42. The number of nitrogens with zero attached hydrogens (tertiary/aromatic N) is 3. The molecule has 0 radical (unpaired) electrons. The number of rotatable bonds is 4. The molecule has 1 atom stereocenters. The van der Waals surface area contributed by atoms with E-state index in [0.29, 0.717) is 24.2 Å². The summed E-state index contributed by atoms with van der Waals surface area (Å²) in [5, 5.41) is 9.46. The van der Waals surface area contributed by atoms with Crippen molar-refractivity contribution < 1.29 is 17.9 Å². The Morgan fingerprint density at radius 3 is 2.50 bits per heavy atom. The monoisotopic (exact) mass is 408 g/mol. The Bertz CT molecular complexity index is 1050. The van der Waals surface area contributed by atoms with Crippen LogP contribution in [0.2, 0.25) is 0 Å². The number of carbonyl (C=O) groups excluding carboxylic acids is 1. The van der Waals surface area contributed by atoms with Gasteiger partial charge in [-0.3, -0.25) is 4.57 Å². The Balaban J connectivity index is 1.88. The molecule has 0 bridgehead atoms. The van der Waals surface area contributed by atoms with Crippen LogP contribution in [0.3, 0.4) is 0 Å². The molecular weight excluding hydrogens is 384 g/mol. The molecule has 2 N–H and O–H groups in total. The highest BCUT2D eigenvalue weighted by Crippen LogP contribution is 2.25. The Morgan fingerprint density at radius 1 is 1.29 bits per heavy atom. The van der Waals surface area contributed by atoms with Gasteiger partial charge in [-0.25, -0.2) is 27.8 Å². The molecule has 2 aromatic rings. The van der Waals surface area contributed by atoms with Crippen molar-refractivity contribution in [2.75, 3.05) is 0 Å². The van der Waals surface area contributed by atoms with Crippen LogP contribution in [-0.4, -0.2) is 34.3 Å². The van der Waals surface area contributed by atoms with Crippen LogP contribution >= 0.6 is 0 Å². The number of esters is 1. The second kappa shape index (κ2) is 7.17. The van der Waals surface area contributed by atoms with Crippen molar-refractivity contribution in [2.45, 2.75) is 63.1 Å². The lowest BCUT2D eigenvalue weighted by molar-refractivity contribution is -0.159.